The summed E-state index contributed by atoms with van der Waals surface area (Å²) in [5.41, 5.74) is -1.87. The summed E-state index contributed by atoms with van der Waals surface area (Å²) < 4.78 is 12.1. The van der Waals surface area contributed by atoms with Crippen molar-refractivity contribution in [1.29, 1.82) is 0 Å². The Labute approximate surface area is 196 Å². The maximum Gasteiger partial charge on any atom is 0.313 e. The van der Waals surface area contributed by atoms with Gasteiger partial charge in [0.15, 0.2) is 0 Å². The molecule has 8 nitrogen and oxygen atoms in total. The zero-order valence-corrected chi connectivity index (χ0v) is 20.1. The summed E-state index contributed by atoms with van der Waals surface area (Å²) >= 11 is 0. The number of amides is 2. The minimum atomic E-state index is -1.06. The predicted octanol–water partition coefficient (Wildman–Crippen LogP) is 2.07. The van der Waals surface area contributed by atoms with E-state index in [0.717, 1.165) is 0 Å². The largest absolute Gasteiger partial charge is 0.461 e. The Bertz CT molecular complexity index is 798. The fraction of sp³-hybridized carbons (Fsp3) is 0.720. The number of esters is 1. The van der Waals surface area contributed by atoms with Crippen LogP contribution in [0.2, 0.25) is 0 Å². The van der Waals surface area contributed by atoms with Gasteiger partial charge in [0.25, 0.3) is 0 Å². The van der Waals surface area contributed by atoms with Crippen molar-refractivity contribution < 1.29 is 29.0 Å². The number of unbranched alkanes of at least 4 members (excludes halogenated alkanes) is 1. The first kappa shape index (κ1) is 25.4. The van der Waals surface area contributed by atoms with Crippen LogP contribution in [0.1, 0.15) is 52.9 Å². The van der Waals surface area contributed by atoms with E-state index in [1.54, 1.807) is 15.9 Å². The van der Waals surface area contributed by atoms with Gasteiger partial charge in [-0.15, -0.1) is 6.58 Å². The van der Waals surface area contributed by atoms with Crippen molar-refractivity contribution in [1.82, 2.24) is 9.80 Å². The average Bonchev–Trinajstić information content (AvgIpc) is 3.39. The van der Waals surface area contributed by atoms with Crippen molar-refractivity contribution >= 4 is 17.8 Å². The topological polar surface area (TPSA) is 96.4 Å². The molecule has 184 valence electrons. The normalized spacial score (nSPS) is 32.2. The lowest BCUT2D eigenvalue weighted by atomic mass is 9.65. The van der Waals surface area contributed by atoms with Crippen molar-refractivity contribution in [2.45, 2.75) is 76.2 Å². The number of rotatable bonds is 12. The molecule has 0 saturated carbocycles. The Morgan fingerprint density at radius 2 is 2.03 bits per heavy atom. The maximum absolute atomic E-state index is 14.0. The smallest absolute Gasteiger partial charge is 0.313 e. The molecule has 0 aliphatic carbocycles. The maximum atomic E-state index is 14.0. The number of ether oxygens (including phenoxy) is 2. The van der Waals surface area contributed by atoms with Gasteiger partial charge in [0, 0.05) is 25.7 Å². The Kier molecular flexibility index (Phi) is 7.69. The highest BCUT2D eigenvalue weighted by Crippen LogP contribution is 2.64. The molecule has 2 amide bonds. The first-order valence-corrected chi connectivity index (χ1v) is 12.0. The molecule has 0 aromatic carbocycles. The van der Waals surface area contributed by atoms with Gasteiger partial charge in [-0.1, -0.05) is 25.7 Å². The summed E-state index contributed by atoms with van der Waals surface area (Å²) in [4.78, 5) is 44.3. The third-order valence-corrected chi connectivity index (χ3v) is 7.55. The van der Waals surface area contributed by atoms with E-state index in [4.69, 9.17) is 9.47 Å². The van der Waals surface area contributed by atoms with Crippen LogP contribution < -0.4 is 0 Å². The van der Waals surface area contributed by atoms with Crippen LogP contribution in [0.3, 0.4) is 0 Å². The zero-order valence-electron chi connectivity index (χ0n) is 20.1. The molecule has 3 aliphatic rings. The molecule has 5 atom stereocenters. The van der Waals surface area contributed by atoms with Gasteiger partial charge in [0.2, 0.25) is 11.8 Å². The number of likely N-dealkylation sites (tertiary alicyclic amines) is 1. The summed E-state index contributed by atoms with van der Waals surface area (Å²) in [6.45, 7) is 14.0. The summed E-state index contributed by atoms with van der Waals surface area (Å²) in [7, 11) is 0. The van der Waals surface area contributed by atoms with Crippen molar-refractivity contribution in [3.63, 3.8) is 0 Å². The van der Waals surface area contributed by atoms with Gasteiger partial charge in [-0.3, -0.25) is 14.4 Å². The van der Waals surface area contributed by atoms with Crippen LogP contribution >= 0.6 is 0 Å². The molecule has 1 spiro atoms. The lowest BCUT2D eigenvalue weighted by Crippen LogP contribution is -2.57. The minimum absolute atomic E-state index is 0.00967. The number of nitrogens with zero attached hydrogens (tertiary/aromatic N) is 2. The first-order chi connectivity index (χ1) is 15.7. The van der Waals surface area contributed by atoms with E-state index in [-0.39, 0.29) is 31.1 Å². The monoisotopic (exact) mass is 462 g/mol. The van der Waals surface area contributed by atoms with E-state index >= 15 is 0 Å². The molecule has 0 aromatic heterocycles. The van der Waals surface area contributed by atoms with Gasteiger partial charge in [0.1, 0.15) is 24.2 Å². The molecule has 3 fully saturated rings. The van der Waals surface area contributed by atoms with Crippen LogP contribution in [0.25, 0.3) is 0 Å². The second kappa shape index (κ2) is 9.97. The van der Waals surface area contributed by atoms with Gasteiger partial charge in [-0.25, -0.2) is 0 Å². The molecule has 8 heteroatoms. The van der Waals surface area contributed by atoms with Gasteiger partial charge in [0.05, 0.1) is 11.5 Å². The van der Waals surface area contributed by atoms with Crippen LogP contribution in [-0.4, -0.2) is 82.3 Å². The van der Waals surface area contributed by atoms with Gasteiger partial charge >= 0.3 is 5.97 Å². The second-order valence-corrected chi connectivity index (χ2v) is 9.59. The van der Waals surface area contributed by atoms with Crippen LogP contribution in [0, 0.1) is 11.8 Å². The second-order valence-electron chi connectivity index (χ2n) is 9.59. The summed E-state index contributed by atoms with van der Waals surface area (Å²) in [5, 5.41) is 9.26. The molecule has 1 N–H and O–H groups in total. The lowest BCUT2D eigenvalue weighted by Gasteiger charge is -2.38. The molecular formula is C25H38N2O6. The molecule has 3 aliphatic heterocycles. The molecule has 2 bridgehead atoms. The molecule has 0 aromatic rings. The zero-order chi connectivity index (χ0) is 24.4. The molecule has 3 rings (SSSR count). The summed E-state index contributed by atoms with van der Waals surface area (Å²) in [6, 6.07) is -0.908. The predicted molar refractivity (Wildman–Crippen MR) is 123 cm³/mol. The number of hydrogen-bond donors (Lipinski definition) is 1. The van der Waals surface area contributed by atoms with Crippen molar-refractivity contribution in [3.05, 3.63) is 25.3 Å². The highest BCUT2D eigenvalue weighted by Gasteiger charge is 2.79. The number of carbonyl (C=O) groups is 3. The van der Waals surface area contributed by atoms with Crippen LogP contribution in [0.15, 0.2) is 25.3 Å². The quantitative estimate of drug-likeness (QED) is 0.271. The van der Waals surface area contributed by atoms with E-state index < -0.39 is 35.0 Å². The molecule has 3 heterocycles. The molecule has 33 heavy (non-hydrogen) atoms. The first-order valence-electron chi connectivity index (χ1n) is 12.0. The number of aliphatic hydroxyl groups is 1. The fourth-order valence-corrected chi connectivity index (χ4v) is 6.07. The number of hydrogen-bond acceptors (Lipinski definition) is 6. The Balaban J connectivity index is 2.06. The van der Waals surface area contributed by atoms with Crippen LogP contribution in [-0.2, 0) is 23.9 Å². The van der Waals surface area contributed by atoms with E-state index in [1.807, 2.05) is 20.8 Å². The Morgan fingerprint density at radius 1 is 1.30 bits per heavy atom. The van der Waals surface area contributed by atoms with Crippen molar-refractivity contribution in [2.75, 3.05) is 26.3 Å². The van der Waals surface area contributed by atoms with E-state index in [0.29, 0.717) is 45.2 Å². The van der Waals surface area contributed by atoms with Crippen molar-refractivity contribution in [2.24, 2.45) is 11.8 Å². The van der Waals surface area contributed by atoms with Gasteiger partial charge in [-0.2, -0.15) is 0 Å². The third-order valence-electron chi connectivity index (χ3n) is 7.55. The number of carbonyl (C=O) groups excluding carboxylic acids is 3. The molecule has 0 radical (unpaired) electrons. The third kappa shape index (κ3) is 4.01. The van der Waals surface area contributed by atoms with E-state index in [9.17, 15) is 19.5 Å². The molecule has 2 unspecified atom stereocenters. The van der Waals surface area contributed by atoms with Crippen molar-refractivity contribution in [3.8, 4) is 0 Å². The van der Waals surface area contributed by atoms with Crippen LogP contribution in [0.5, 0.6) is 0 Å². The van der Waals surface area contributed by atoms with Gasteiger partial charge in [-0.05, 0) is 46.0 Å². The highest BCUT2D eigenvalue weighted by atomic mass is 16.6. The average molecular weight is 463 g/mol. The summed E-state index contributed by atoms with van der Waals surface area (Å²) in [6.07, 6.45) is 5.94. The SMILES string of the molecule is C=CCOC(=O)[C@H]1[C@H]2C(=O)N(CCCCO)C(C(=O)N(CC=C)C(C)C)C23CC[C@]1(CC)O3. The highest BCUT2D eigenvalue weighted by molar-refractivity contribution is 5.98. The lowest BCUT2D eigenvalue weighted by molar-refractivity contribution is -0.161. The van der Waals surface area contributed by atoms with Crippen LogP contribution in [0.4, 0.5) is 0 Å². The summed E-state index contributed by atoms with van der Waals surface area (Å²) in [5.74, 6) is -2.40. The minimum Gasteiger partial charge on any atom is -0.461 e. The number of fused-ring (bicyclic) bond motifs is 1. The fourth-order valence-electron chi connectivity index (χ4n) is 6.07. The Morgan fingerprint density at radius 3 is 2.61 bits per heavy atom. The van der Waals surface area contributed by atoms with E-state index in [1.165, 1.54) is 6.08 Å². The van der Waals surface area contributed by atoms with E-state index in [2.05, 4.69) is 13.2 Å². The Hall–Kier alpha value is -2.19. The molecule has 3 saturated heterocycles. The standard InChI is InChI=1S/C25H38N2O6/c1-6-13-26(17(4)5)22(30)20-25-12-11-24(8-3,33-25)19(23(31)32-16-7-2)18(25)21(29)27(20)14-9-10-15-28/h6-7,17-20,28H,1-2,8-16H2,3-5H3/t18-,19+,20?,24-,25?/m0/s1. The van der Waals surface area contributed by atoms with Gasteiger partial charge < -0.3 is 24.4 Å². The number of aliphatic hydroxyl groups excluding tert-OH is 1. The molecular weight excluding hydrogens is 424 g/mol.